The number of amides is 1. The van der Waals surface area contributed by atoms with Crippen LogP contribution in [0.15, 0.2) is 48.5 Å². The van der Waals surface area contributed by atoms with Gasteiger partial charge in [0.2, 0.25) is 5.95 Å². The monoisotopic (exact) mass is 372 g/mol. The number of benzene rings is 2. The molecule has 1 aliphatic heterocycles. The van der Waals surface area contributed by atoms with Crippen LogP contribution in [0.4, 0.5) is 5.95 Å². The Morgan fingerprint density at radius 1 is 1.11 bits per heavy atom. The lowest BCUT2D eigenvalue weighted by molar-refractivity contribution is 0.0747. The summed E-state index contributed by atoms with van der Waals surface area (Å²) in [6.45, 7) is 5.45. The van der Waals surface area contributed by atoms with Crippen LogP contribution in [-0.2, 0) is 13.1 Å². The van der Waals surface area contributed by atoms with Crippen molar-refractivity contribution in [3.63, 3.8) is 0 Å². The van der Waals surface area contributed by atoms with Crippen LogP contribution >= 0.6 is 0 Å². The fourth-order valence-corrected chi connectivity index (χ4v) is 3.85. The Morgan fingerprint density at radius 3 is 2.46 bits per heavy atom. The standard InChI is InChI=1S/C23H24N4O/c1-3-7-15(4-2)16-10-11-20-19(12-16)21(26-23(24)25-20)22(28)27-13-17-8-5-6-9-18(17)14-27/h5-12H,3-4,13-14H2,1-2H3,(H2,24,25,26)/b15-7+. The summed E-state index contributed by atoms with van der Waals surface area (Å²) in [6, 6.07) is 14.1. The second kappa shape index (κ2) is 7.43. The van der Waals surface area contributed by atoms with E-state index in [1.54, 1.807) is 0 Å². The summed E-state index contributed by atoms with van der Waals surface area (Å²) in [7, 11) is 0. The van der Waals surface area contributed by atoms with E-state index in [2.05, 4.69) is 42.0 Å². The highest BCUT2D eigenvalue weighted by Crippen LogP contribution is 2.28. The third-order valence-corrected chi connectivity index (χ3v) is 5.25. The molecule has 142 valence electrons. The number of aromatic nitrogens is 2. The summed E-state index contributed by atoms with van der Waals surface area (Å²) in [5.41, 5.74) is 11.7. The van der Waals surface area contributed by atoms with Gasteiger partial charge in [0, 0.05) is 18.5 Å². The van der Waals surface area contributed by atoms with Crippen molar-refractivity contribution in [1.29, 1.82) is 0 Å². The smallest absolute Gasteiger partial charge is 0.273 e. The van der Waals surface area contributed by atoms with Gasteiger partial charge in [0.15, 0.2) is 0 Å². The lowest BCUT2D eigenvalue weighted by Crippen LogP contribution is -2.27. The molecular weight excluding hydrogens is 348 g/mol. The van der Waals surface area contributed by atoms with Gasteiger partial charge in [-0.15, -0.1) is 0 Å². The molecule has 1 aliphatic rings. The van der Waals surface area contributed by atoms with Crippen LogP contribution in [0.25, 0.3) is 16.5 Å². The summed E-state index contributed by atoms with van der Waals surface area (Å²) in [5.74, 6) is 0.0186. The average Bonchev–Trinajstić information content (AvgIpc) is 3.15. The van der Waals surface area contributed by atoms with Crippen LogP contribution in [0.2, 0.25) is 0 Å². The number of rotatable bonds is 4. The number of fused-ring (bicyclic) bond motifs is 2. The maximum absolute atomic E-state index is 13.3. The minimum atomic E-state index is -0.107. The molecule has 0 unspecified atom stereocenters. The number of carbonyl (C=O) groups excluding carboxylic acids is 1. The van der Waals surface area contributed by atoms with Crippen molar-refractivity contribution in [3.05, 3.63) is 70.9 Å². The van der Waals surface area contributed by atoms with E-state index >= 15 is 0 Å². The molecule has 3 aromatic rings. The minimum absolute atomic E-state index is 0.107. The molecule has 28 heavy (non-hydrogen) atoms. The fourth-order valence-electron chi connectivity index (χ4n) is 3.85. The molecule has 0 bridgehead atoms. The summed E-state index contributed by atoms with van der Waals surface area (Å²) in [5, 5.41) is 0.753. The van der Waals surface area contributed by atoms with Crippen molar-refractivity contribution in [2.75, 3.05) is 5.73 Å². The van der Waals surface area contributed by atoms with Gasteiger partial charge < -0.3 is 10.6 Å². The molecule has 1 amide bonds. The van der Waals surface area contributed by atoms with E-state index in [4.69, 9.17) is 5.73 Å². The molecule has 0 radical (unpaired) electrons. The molecule has 0 atom stereocenters. The second-order valence-electron chi connectivity index (χ2n) is 7.08. The largest absolute Gasteiger partial charge is 0.368 e. The molecule has 1 aromatic heterocycles. The van der Waals surface area contributed by atoms with Gasteiger partial charge in [0.25, 0.3) is 5.91 Å². The van der Waals surface area contributed by atoms with Crippen LogP contribution in [0.3, 0.4) is 0 Å². The quantitative estimate of drug-likeness (QED) is 0.728. The Bertz CT molecular complexity index is 1060. The highest BCUT2D eigenvalue weighted by Gasteiger charge is 2.26. The van der Waals surface area contributed by atoms with Gasteiger partial charge in [-0.05, 0) is 47.2 Å². The van der Waals surface area contributed by atoms with E-state index in [9.17, 15) is 4.79 Å². The van der Waals surface area contributed by atoms with Gasteiger partial charge in [0.05, 0.1) is 5.52 Å². The third kappa shape index (κ3) is 3.24. The first-order valence-corrected chi connectivity index (χ1v) is 9.73. The van der Waals surface area contributed by atoms with Crippen molar-refractivity contribution >= 4 is 28.3 Å². The molecule has 0 spiro atoms. The highest BCUT2D eigenvalue weighted by molar-refractivity contribution is 6.05. The summed E-state index contributed by atoms with van der Waals surface area (Å²) < 4.78 is 0. The van der Waals surface area contributed by atoms with Gasteiger partial charge >= 0.3 is 0 Å². The lowest BCUT2D eigenvalue weighted by Gasteiger charge is -2.17. The SMILES string of the molecule is CC/C=C(\CC)c1ccc2nc(N)nc(C(=O)N3Cc4ccccc4C3)c2c1. The molecule has 4 rings (SSSR count). The van der Waals surface area contributed by atoms with Crippen molar-refractivity contribution in [3.8, 4) is 0 Å². The Morgan fingerprint density at radius 2 is 1.82 bits per heavy atom. The Labute approximate surface area is 164 Å². The maximum Gasteiger partial charge on any atom is 0.273 e. The van der Waals surface area contributed by atoms with Gasteiger partial charge in [-0.3, -0.25) is 4.79 Å². The van der Waals surface area contributed by atoms with Crippen LogP contribution in [0.1, 0.15) is 53.9 Å². The molecule has 5 nitrogen and oxygen atoms in total. The topological polar surface area (TPSA) is 72.1 Å². The first-order valence-electron chi connectivity index (χ1n) is 9.73. The number of hydrogen-bond donors (Lipinski definition) is 1. The zero-order chi connectivity index (χ0) is 19.7. The van der Waals surface area contributed by atoms with Gasteiger partial charge in [0.1, 0.15) is 5.69 Å². The van der Waals surface area contributed by atoms with Crippen molar-refractivity contribution in [2.45, 2.75) is 39.8 Å². The predicted molar refractivity (Wildman–Crippen MR) is 113 cm³/mol. The molecular formula is C23H24N4O. The van der Waals surface area contributed by atoms with E-state index in [1.807, 2.05) is 35.2 Å². The molecule has 0 aliphatic carbocycles. The predicted octanol–water partition coefficient (Wildman–Crippen LogP) is 4.57. The minimum Gasteiger partial charge on any atom is -0.368 e. The molecule has 0 saturated carbocycles. The molecule has 5 heteroatoms. The summed E-state index contributed by atoms with van der Waals surface area (Å²) in [6.07, 6.45) is 4.12. The maximum atomic E-state index is 13.3. The number of nitrogen functional groups attached to an aromatic ring is 1. The molecule has 0 fully saturated rings. The van der Waals surface area contributed by atoms with Gasteiger partial charge in [-0.25, -0.2) is 9.97 Å². The van der Waals surface area contributed by atoms with E-state index in [1.165, 1.54) is 16.7 Å². The second-order valence-corrected chi connectivity index (χ2v) is 7.08. The summed E-state index contributed by atoms with van der Waals surface area (Å²) in [4.78, 5) is 23.8. The zero-order valence-corrected chi connectivity index (χ0v) is 16.3. The first-order chi connectivity index (χ1) is 13.6. The fraction of sp³-hybridized carbons (Fsp3) is 0.261. The number of nitrogens with two attached hydrogens (primary N) is 1. The Hall–Kier alpha value is -3.21. The molecule has 2 N–H and O–H groups in total. The number of carbonyl (C=O) groups is 1. The average molecular weight is 372 g/mol. The Balaban J connectivity index is 1.77. The van der Waals surface area contributed by atoms with E-state index in [0.29, 0.717) is 24.3 Å². The van der Waals surface area contributed by atoms with Crippen LogP contribution in [0.5, 0.6) is 0 Å². The Kier molecular flexibility index (Phi) is 4.82. The molecule has 2 aromatic carbocycles. The van der Waals surface area contributed by atoms with Gasteiger partial charge in [-0.1, -0.05) is 50.3 Å². The first kappa shape index (κ1) is 18.2. The van der Waals surface area contributed by atoms with E-state index in [-0.39, 0.29) is 11.9 Å². The van der Waals surface area contributed by atoms with Crippen molar-refractivity contribution in [2.24, 2.45) is 0 Å². The number of allylic oxidation sites excluding steroid dienone is 2. The molecule has 2 heterocycles. The van der Waals surface area contributed by atoms with E-state index in [0.717, 1.165) is 23.8 Å². The number of nitrogens with zero attached hydrogens (tertiary/aromatic N) is 3. The number of hydrogen-bond acceptors (Lipinski definition) is 4. The molecule has 0 saturated heterocycles. The summed E-state index contributed by atoms with van der Waals surface area (Å²) >= 11 is 0. The van der Waals surface area contributed by atoms with Crippen molar-refractivity contribution < 1.29 is 4.79 Å². The van der Waals surface area contributed by atoms with Crippen LogP contribution in [0, 0.1) is 0 Å². The number of anilines is 1. The normalized spacial score (nSPS) is 13.8. The van der Waals surface area contributed by atoms with Crippen LogP contribution < -0.4 is 5.73 Å². The zero-order valence-electron chi connectivity index (χ0n) is 16.3. The lowest BCUT2D eigenvalue weighted by atomic mass is 9.99. The van der Waals surface area contributed by atoms with E-state index < -0.39 is 0 Å². The van der Waals surface area contributed by atoms with Crippen molar-refractivity contribution in [1.82, 2.24) is 14.9 Å². The van der Waals surface area contributed by atoms with Crippen LogP contribution in [-0.4, -0.2) is 20.8 Å². The highest BCUT2D eigenvalue weighted by atomic mass is 16.2. The van der Waals surface area contributed by atoms with Gasteiger partial charge in [-0.2, -0.15) is 0 Å². The third-order valence-electron chi connectivity index (χ3n) is 5.25.